The lowest BCUT2D eigenvalue weighted by molar-refractivity contribution is -0.121. The zero-order valence-electron chi connectivity index (χ0n) is 14.5. The normalized spacial score (nSPS) is 12.0. The Morgan fingerprint density at radius 3 is 2.43 bits per heavy atom. The zero-order valence-corrected chi connectivity index (χ0v) is 15.3. The summed E-state index contributed by atoms with van der Waals surface area (Å²) in [7, 11) is 4.04. The van der Waals surface area contributed by atoms with Crippen LogP contribution in [0.2, 0.25) is 0 Å². The fourth-order valence-electron chi connectivity index (χ4n) is 2.55. The van der Waals surface area contributed by atoms with Crippen molar-refractivity contribution in [3.63, 3.8) is 0 Å². The van der Waals surface area contributed by atoms with Gasteiger partial charge in [0.05, 0.1) is 16.7 Å². The van der Waals surface area contributed by atoms with Gasteiger partial charge in [-0.05, 0) is 44.9 Å². The standard InChI is InChI=1S/C18H25N3OS/c1-12(18-13(2)23-14(3)20-18)19-17(22)11-8-15-6-9-16(10-7-15)21(4)5/h6-7,9-10,12H,8,11H2,1-5H3,(H,19,22)/t12-/m0/s1. The molecule has 1 N–H and O–H groups in total. The van der Waals surface area contributed by atoms with Crippen molar-refractivity contribution >= 4 is 22.9 Å². The van der Waals surface area contributed by atoms with Crippen LogP contribution in [0.1, 0.15) is 40.5 Å². The van der Waals surface area contributed by atoms with E-state index in [1.807, 2.05) is 27.9 Å². The van der Waals surface area contributed by atoms with Crippen LogP contribution in [-0.4, -0.2) is 25.0 Å². The van der Waals surface area contributed by atoms with Crippen LogP contribution >= 0.6 is 11.3 Å². The topological polar surface area (TPSA) is 45.2 Å². The van der Waals surface area contributed by atoms with Crippen molar-refractivity contribution in [1.29, 1.82) is 0 Å². The number of thiazole rings is 1. The highest BCUT2D eigenvalue weighted by atomic mass is 32.1. The average Bonchev–Trinajstić information content (AvgIpc) is 2.84. The lowest BCUT2D eigenvalue weighted by Crippen LogP contribution is -2.27. The first kappa shape index (κ1) is 17.5. The molecule has 5 heteroatoms. The molecule has 23 heavy (non-hydrogen) atoms. The Morgan fingerprint density at radius 2 is 1.91 bits per heavy atom. The van der Waals surface area contributed by atoms with Gasteiger partial charge in [-0.2, -0.15) is 0 Å². The number of anilines is 1. The van der Waals surface area contributed by atoms with Crippen LogP contribution in [0.15, 0.2) is 24.3 Å². The third kappa shape index (κ3) is 4.79. The van der Waals surface area contributed by atoms with E-state index in [9.17, 15) is 4.79 Å². The molecule has 1 aromatic heterocycles. The van der Waals surface area contributed by atoms with Crippen LogP contribution in [-0.2, 0) is 11.2 Å². The van der Waals surface area contributed by atoms with E-state index in [-0.39, 0.29) is 11.9 Å². The van der Waals surface area contributed by atoms with Crippen molar-refractivity contribution in [3.8, 4) is 0 Å². The van der Waals surface area contributed by atoms with Crippen molar-refractivity contribution < 1.29 is 4.79 Å². The first-order valence-corrected chi connectivity index (χ1v) is 8.68. The van der Waals surface area contributed by atoms with Crippen LogP contribution in [0.25, 0.3) is 0 Å². The predicted molar refractivity (Wildman–Crippen MR) is 97.2 cm³/mol. The summed E-state index contributed by atoms with van der Waals surface area (Å²) in [5.41, 5.74) is 3.33. The Morgan fingerprint density at radius 1 is 1.26 bits per heavy atom. The highest BCUT2D eigenvalue weighted by Crippen LogP contribution is 2.22. The molecule has 1 amide bonds. The molecule has 0 bridgehead atoms. The highest BCUT2D eigenvalue weighted by molar-refractivity contribution is 7.11. The summed E-state index contributed by atoms with van der Waals surface area (Å²) in [5, 5.41) is 4.09. The Balaban J connectivity index is 1.86. The van der Waals surface area contributed by atoms with Gasteiger partial charge in [-0.1, -0.05) is 12.1 Å². The van der Waals surface area contributed by atoms with Gasteiger partial charge in [0.1, 0.15) is 0 Å². The molecule has 0 fully saturated rings. The number of nitrogens with one attached hydrogen (secondary N) is 1. The van der Waals surface area contributed by atoms with Gasteiger partial charge < -0.3 is 10.2 Å². The fraction of sp³-hybridized carbons (Fsp3) is 0.444. The first-order valence-electron chi connectivity index (χ1n) is 7.86. The molecule has 0 saturated carbocycles. The maximum Gasteiger partial charge on any atom is 0.220 e. The third-order valence-electron chi connectivity index (χ3n) is 3.82. The molecule has 2 aromatic rings. The lowest BCUT2D eigenvalue weighted by Gasteiger charge is -2.14. The number of carbonyl (C=O) groups is 1. The summed E-state index contributed by atoms with van der Waals surface area (Å²) in [6.45, 7) is 6.04. The smallest absolute Gasteiger partial charge is 0.220 e. The molecule has 1 atom stereocenters. The van der Waals surface area contributed by atoms with Gasteiger partial charge in [0.2, 0.25) is 5.91 Å². The van der Waals surface area contributed by atoms with E-state index in [0.29, 0.717) is 6.42 Å². The second-order valence-corrected chi connectivity index (χ2v) is 7.43. The molecular formula is C18H25N3OS. The molecule has 1 heterocycles. The van der Waals surface area contributed by atoms with Crippen molar-refractivity contribution in [1.82, 2.24) is 10.3 Å². The van der Waals surface area contributed by atoms with Crippen molar-refractivity contribution in [2.45, 2.75) is 39.7 Å². The van der Waals surface area contributed by atoms with E-state index in [4.69, 9.17) is 0 Å². The van der Waals surface area contributed by atoms with Crippen LogP contribution in [0, 0.1) is 13.8 Å². The Hall–Kier alpha value is -1.88. The van der Waals surface area contributed by atoms with Gasteiger partial charge in [0.25, 0.3) is 0 Å². The first-order chi connectivity index (χ1) is 10.9. The number of aromatic nitrogens is 1. The minimum absolute atomic E-state index is 0.0384. The van der Waals surface area contributed by atoms with E-state index in [2.05, 4.69) is 46.4 Å². The monoisotopic (exact) mass is 331 g/mol. The molecule has 0 unspecified atom stereocenters. The molecule has 0 saturated heterocycles. The summed E-state index contributed by atoms with van der Waals surface area (Å²) in [6.07, 6.45) is 1.25. The summed E-state index contributed by atoms with van der Waals surface area (Å²) in [5.74, 6) is 0.0687. The summed E-state index contributed by atoms with van der Waals surface area (Å²) >= 11 is 1.67. The third-order valence-corrected chi connectivity index (χ3v) is 4.72. The number of carbonyl (C=O) groups excluding carboxylic acids is 1. The number of nitrogens with zero attached hydrogens (tertiary/aromatic N) is 2. The maximum absolute atomic E-state index is 12.1. The molecule has 0 aliphatic heterocycles. The molecule has 0 spiro atoms. The van der Waals surface area contributed by atoms with Gasteiger partial charge >= 0.3 is 0 Å². The lowest BCUT2D eigenvalue weighted by atomic mass is 10.1. The summed E-state index contributed by atoms with van der Waals surface area (Å²) in [4.78, 5) is 19.9. The van der Waals surface area contributed by atoms with Gasteiger partial charge in [-0.3, -0.25) is 4.79 Å². The Kier molecular flexibility index (Phi) is 5.77. The van der Waals surface area contributed by atoms with Crippen LogP contribution < -0.4 is 10.2 Å². The molecule has 4 nitrogen and oxygen atoms in total. The summed E-state index contributed by atoms with van der Waals surface area (Å²) in [6, 6.07) is 8.29. The number of amides is 1. The number of hydrogen-bond acceptors (Lipinski definition) is 4. The maximum atomic E-state index is 12.1. The van der Waals surface area contributed by atoms with Crippen LogP contribution in [0.5, 0.6) is 0 Å². The molecule has 2 rings (SSSR count). The van der Waals surface area contributed by atoms with E-state index in [0.717, 1.165) is 17.1 Å². The van der Waals surface area contributed by atoms with E-state index in [1.54, 1.807) is 11.3 Å². The SMILES string of the molecule is Cc1nc([C@H](C)NC(=O)CCc2ccc(N(C)C)cc2)c(C)s1. The van der Waals surface area contributed by atoms with Gasteiger partial charge in [-0.25, -0.2) is 4.98 Å². The number of aryl methyl sites for hydroxylation is 3. The second kappa shape index (κ2) is 7.59. The second-order valence-electron chi connectivity index (χ2n) is 6.02. The number of benzene rings is 1. The van der Waals surface area contributed by atoms with Crippen LogP contribution in [0.4, 0.5) is 5.69 Å². The molecule has 124 valence electrons. The minimum Gasteiger partial charge on any atom is -0.378 e. The average molecular weight is 331 g/mol. The quantitative estimate of drug-likeness (QED) is 0.879. The highest BCUT2D eigenvalue weighted by Gasteiger charge is 2.15. The summed E-state index contributed by atoms with van der Waals surface area (Å²) < 4.78 is 0. The predicted octanol–water partition coefficient (Wildman–Crippen LogP) is 3.64. The van der Waals surface area contributed by atoms with Crippen molar-refractivity contribution in [3.05, 3.63) is 45.4 Å². The minimum atomic E-state index is -0.0384. The molecule has 0 aliphatic rings. The molecule has 1 aromatic carbocycles. The number of rotatable bonds is 6. The molecule has 0 aliphatic carbocycles. The molecular weight excluding hydrogens is 306 g/mol. The Bertz CT molecular complexity index is 661. The van der Waals surface area contributed by atoms with Crippen molar-refractivity contribution in [2.24, 2.45) is 0 Å². The van der Waals surface area contributed by atoms with Gasteiger partial charge in [-0.15, -0.1) is 11.3 Å². The fourth-order valence-corrected chi connectivity index (χ4v) is 3.46. The van der Waals surface area contributed by atoms with Crippen molar-refractivity contribution in [2.75, 3.05) is 19.0 Å². The largest absolute Gasteiger partial charge is 0.378 e. The van der Waals surface area contributed by atoms with Gasteiger partial charge in [0.15, 0.2) is 0 Å². The van der Waals surface area contributed by atoms with Gasteiger partial charge in [0, 0.05) is 31.1 Å². The van der Waals surface area contributed by atoms with E-state index < -0.39 is 0 Å². The van der Waals surface area contributed by atoms with Crippen LogP contribution in [0.3, 0.4) is 0 Å². The van der Waals surface area contributed by atoms with E-state index in [1.165, 1.54) is 16.1 Å². The van der Waals surface area contributed by atoms with E-state index >= 15 is 0 Å². The molecule has 0 radical (unpaired) electrons. The Labute approximate surface area is 142 Å². The zero-order chi connectivity index (χ0) is 17.0. The number of hydrogen-bond donors (Lipinski definition) is 1.